The molecule has 0 spiro atoms. The fraction of sp³-hybridized carbons (Fsp3) is 0.250. The minimum Gasteiger partial charge on any atom is -0.347 e. The number of para-hydroxylation sites is 2. The van der Waals surface area contributed by atoms with E-state index in [9.17, 15) is 0 Å². The SMILES string of the molecule is CSc1ccccc1N=C/C=C1\N(C)c2ccccc2C1(C)C. The highest BCUT2D eigenvalue weighted by molar-refractivity contribution is 7.98. The van der Waals surface area contributed by atoms with Crippen molar-refractivity contribution in [2.45, 2.75) is 24.2 Å². The van der Waals surface area contributed by atoms with Crippen LogP contribution in [0.25, 0.3) is 0 Å². The Kier molecular flexibility index (Phi) is 4.31. The van der Waals surface area contributed by atoms with Crippen molar-refractivity contribution in [2.24, 2.45) is 4.99 Å². The molecule has 0 saturated heterocycles. The van der Waals surface area contributed by atoms with Crippen LogP contribution in [0.2, 0.25) is 0 Å². The summed E-state index contributed by atoms with van der Waals surface area (Å²) in [5, 5.41) is 0. The first-order valence-electron chi connectivity index (χ1n) is 7.77. The maximum Gasteiger partial charge on any atom is 0.0765 e. The molecule has 0 atom stereocenters. The average Bonchev–Trinajstić information content (AvgIpc) is 2.76. The van der Waals surface area contributed by atoms with Gasteiger partial charge in [0.15, 0.2) is 0 Å². The van der Waals surface area contributed by atoms with Gasteiger partial charge in [-0.1, -0.05) is 44.2 Å². The molecule has 0 fully saturated rings. The van der Waals surface area contributed by atoms with Crippen molar-refractivity contribution < 1.29 is 0 Å². The van der Waals surface area contributed by atoms with Crippen molar-refractivity contribution >= 4 is 29.4 Å². The molecule has 2 aromatic rings. The number of aliphatic imine (C=N–C) groups is 1. The van der Waals surface area contributed by atoms with E-state index in [-0.39, 0.29) is 5.41 Å². The quantitative estimate of drug-likeness (QED) is 0.553. The molecule has 1 aliphatic rings. The summed E-state index contributed by atoms with van der Waals surface area (Å²) >= 11 is 1.72. The van der Waals surface area contributed by atoms with Gasteiger partial charge in [0.2, 0.25) is 0 Å². The normalized spacial score (nSPS) is 17.9. The monoisotopic (exact) mass is 322 g/mol. The fourth-order valence-electron chi connectivity index (χ4n) is 3.23. The molecule has 2 nitrogen and oxygen atoms in total. The number of fused-ring (bicyclic) bond motifs is 1. The van der Waals surface area contributed by atoms with E-state index >= 15 is 0 Å². The largest absolute Gasteiger partial charge is 0.347 e. The van der Waals surface area contributed by atoms with Crippen LogP contribution in [0.5, 0.6) is 0 Å². The number of hydrogen-bond acceptors (Lipinski definition) is 3. The zero-order valence-corrected chi connectivity index (χ0v) is 14.9. The number of rotatable bonds is 3. The lowest BCUT2D eigenvalue weighted by atomic mass is 9.84. The van der Waals surface area contributed by atoms with Crippen LogP contribution in [-0.4, -0.2) is 19.5 Å². The molecule has 0 radical (unpaired) electrons. The Morgan fingerprint density at radius 3 is 2.48 bits per heavy atom. The van der Waals surface area contributed by atoms with Crippen LogP contribution in [0, 0.1) is 0 Å². The second kappa shape index (κ2) is 6.25. The van der Waals surface area contributed by atoms with Crippen molar-refractivity contribution in [1.29, 1.82) is 0 Å². The number of allylic oxidation sites excluding steroid dienone is 2. The van der Waals surface area contributed by atoms with E-state index in [2.05, 4.69) is 79.5 Å². The first-order valence-corrected chi connectivity index (χ1v) is 8.99. The molecule has 3 rings (SSSR count). The number of thioether (sulfide) groups is 1. The van der Waals surface area contributed by atoms with Gasteiger partial charge in [-0.15, -0.1) is 11.8 Å². The first kappa shape index (κ1) is 15.9. The summed E-state index contributed by atoms with van der Waals surface area (Å²) in [5.41, 5.74) is 4.93. The average molecular weight is 322 g/mol. The van der Waals surface area contributed by atoms with Crippen molar-refractivity contribution in [3.63, 3.8) is 0 Å². The Balaban J connectivity index is 1.93. The summed E-state index contributed by atoms with van der Waals surface area (Å²) in [6.45, 7) is 4.54. The van der Waals surface area contributed by atoms with Gasteiger partial charge in [-0.05, 0) is 36.1 Å². The molecule has 0 unspecified atom stereocenters. The molecule has 23 heavy (non-hydrogen) atoms. The Hall–Kier alpha value is -2.00. The predicted octanol–water partition coefficient (Wildman–Crippen LogP) is 5.42. The van der Waals surface area contributed by atoms with Gasteiger partial charge in [0, 0.05) is 35.0 Å². The summed E-state index contributed by atoms with van der Waals surface area (Å²) < 4.78 is 0. The van der Waals surface area contributed by atoms with Gasteiger partial charge in [0.25, 0.3) is 0 Å². The lowest BCUT2D eigenvalue weighted by Gasteiger charge is -2.23. The molecule has 0 bridgehead atoms. The molecular formula is C20H22N2S. The summed E-state index contributed by atoms with van der Waals surface area (Å²) in [6.07, 6.45) is 6.14. The Labute approximate surface area is 142 Å². The molecular weight excluding hydrogens is 300 g/mol. The minimum atomic E-state index is -0.00358. The smallest absolute Gasteiger partial charge is 0.0765 e. The van der Waals surface area contributed by atoms with Crippen LogP contribution >= 0.6 is 11.8 Å². The van der Waals surface area contributed by atoms with E-state index in [1.54, 1.807) is 11.8 Å². The molecule has 2 aromatic carbocycles. The Morgan fingerprint density at radius 1 is 1.04 bits per heavy atom. The van der Waals surface area contributed by atoms with E-state index in [0.717, 1.165) is 5.69 Å². The zero-order valence-electron chi connectivity index (χ0n) is 14.1. The molecule has 1 heterocycles. The van der Waals surface area contributed by atoms with Gasteiger partial charge in [-0.3, -0.25) is 4.99 Å². The van der Waals surface area contributed by atoms with Crippen LogP contribution in [0.4, 0.5) is 11.4 Å². The standard InChI is InChI=1S/C20H22N2S/c1-20(2)15-9-5-7-11-17(15)22(3)19(20)13-14-21-16-10-6-8-12-18(16)23-4/h5-14H,1-4H3/b19-13-,21-14?. The Morgan fingerprint density at radius 2 is 1.74 bits per heavy atom. The third-order valence-corrected chi connectivity index (χ3v) is 5.26. The van der Waals surface area contributed by atoms with Crippen LogP contribution in [0.3, 0.4) is 0 Å². The van der Waals surface area contributed by atoms with Crippen molar-refractivity contribution in [3.8, 4) is 0 Å². The summed E-state index contributed by atoms with van der Waals surface area (Å²) in [7, 11) is 2.13. The number of benzene rings is 2. The van der Waals surface area contributed by atoms with Gasteiger partial charge in [-0.25, -0.2) is 0 Å². The van der Waals surface area contributed by atoms with Gasteiger partial charge >= 0.3 is 0 Å². The van der Waals surface area contributed by atoms with Crippen LogP contribution < -0.4 is 4.90 Å². The van der Waals surface area contributed by atoms with Crippen molar-refractivity contribution in [1.82, 2.24) is 0 Å². The van der Waals surface area contributed by atoms with E-state index in [1.807, 2.05) is 18.3 Å². The molecule has 0 N–H and O–H groups in total. The number of anilines is 1. The summed E-state index contributed by atoms with van der Waals surface area (Å²) in [6, 6.07) is 16.8. The molecule has 1 aliphatic heterocycles. The van der Waals surface area contributed by atoms with Gasteiger partial charge in [0.1, 0.15) is 0 Å². The zero-order chi connectivity index (χ0) is 16.4. The van der Waals surface area contributed by atoms with Gasteiger partial charge in [0.05, 0.1) is 5.69 Å². The van der Waals surface area contributed by atoms with Crippen LogP contribution in [-0.2, 0) is 5.41 Å². The molecule has 0 aromatic heterocycles. The molecule has 0 aliphatic carbocycles. The maximum absolute atomic E-state index is 4.65. The summed E-state index contributed by atoms with van der Waals surface area (Å²) in [5.74, 6) is 0. The Bertz CT molecular complexity index is 775. The first-order chi connectivity index (χ1) is 11.1. The number of likely N-dealkylation sites (N-methyl/N-ethyl adjacent to an activating group) is 1. The molecule has 118 valence electrons. The number of hydrogen-bond donors (Lipinski definition) is 0. The lowest BCUT2D eigenvalue weighted by molar-refractivity contribution is 0.641. The number of nitrogens with zero attached hydrogens (tertiary/aromatic N) is 2. The second-order valence-electron chi connectivity index (χ2n) is 6.20. The van der Waals surface area contributed by atoms with E-state index in [4.69, 9.17) is 0 Å². The fourth-order valence-corrected chi connectivity index (χ4v) is 3.77. The van der Waals surface area contributed by atoms with E-state index in [1.165, 1.54) is 21.8 Å². The topological polar surface area (TPSA) is 15.6 Å². The molecule has 3 heteroatoms. The molecule has 0 saturated carbocycles. The third-order valence-electron chi connectivity index (χ3n) is 4.47. The van der Waals surface area contributed by atoms with Gasteiger partial charge < -0.3 is 4.90 Å². The maximum atomic E-state index is 4.65. The van der Waals surface area contributed by atoms with E-state index < -0.39 is 0 Å². The van der Waals surface area contributed by atoms with Crippen molar-refractivity contribution in [2.75, 3.05) is 18.2 Å². The predicted molar refractivity (Wildman–Crippen MR) is 102 cm³/mol. The minimum absolute atomic E-state index is 0.00358. The van der Waals surface area contributed by atoms with Crippen LogP contribution in [0.15, 0.2) is 70.2 Å². The molecule has 0 amide bonds. The highest BCUT2D eigenvalue weighted by atomic mass is 32.2. The lowest BCUT2D eigenvalue weighted by Crippen LogP contribution is -2.23. The van der Waals surface area contributed by atoms with E-state index in [0.29, 0.717) is 0 Å². The second-order valence-corrected chi connectivity index (χ2v) is 7.05. The summed E-state index contributed by atoms with van der Waals surface area (Å²) in [4.78, 5) is 8.12. The van der Waals surface area contributed by atoms with Gasteiger partial charge in [-0.2, -0.15) is 0 Å². The third kappa shape index (κ3) is 2.81. The van der Waals surface area contributed by atoms with Crippen molar-refractivity contribution in [3.05, 3.63) is 65.9 Å². The highest BCUT2D eigenvalue weighted by Crippen LogP contribution is 2.46. The van der Waals surface area contributed by atoms with Crippen LogP contribution in [0.1, 0.15) is 19.4 Å². The highest BCUT2D eigenvalue weighted by Gasteiger charge is 2.37.